The molecule has 0 saturated heterocycles. The van der Waals surface area contributed by atoms with Crippen LogP contribution in [-0.2, 0) is 4.74 Å². The van der Waals surface area contributed by atoms with Crippen LogP contribution in [0.4, 0.5) is 11.6 Å². The number of para-hydroxylation sites is 1. The van der Waals surface area contributed by atoms with Crippen LogP contribution in [0.3, 0.4) is 0 Å². The highest BCUT2D eigenvalue weighted by atomic mass is 16.6. The van der Waals surface area contributed by atoms with Gasteiger partial charge in [0.25, 0.3) is 0 Å². The Morgan fingerprint density at radius 1 is 1.00 bits per heavy atom. The number of ether oxygens (including phenoxy) is 1. The third-order valence-electron chi connectivity index (χ3n) is 4.09. The molecule has 1 N–H and O–H groups in total. The van der Waals surface area contributed by atoms with Gasteiger partial charge in [-0.2, -0.15) is 10.1 Å². The number of nitrogens with zero attached hydrogens (tertiary/aromatic N) is 4. The first-order valence-corrected chi connectivity index (χ1v) is 9.26. The van der Waals surface area contributed by atoms with E-state index in [4.69, 9.17) is 4.74 Å². The Kier molecular flexibility index (Phi) is 4.72. The molecular formula is C22H21N5O2. The molecule has 2 aromatic heterocycles. The minimum absolute atomic E-state index is 0.353. The zero-order valence-electron chi connectivity index (χ0n) is 16.5. The zero-order valence-corrected chi connectivity index (χ0v) is 16.5. The third kappa shape index (κ3) is 4.24. The van der Waals surface area contributed by atoms with E-state index in [-0.39, 0.29) is 5.97 Å². The molecule has 2 aromatic carbocycles. The number of fused-ring (bicyclic) bond motifs is 1. The minimum atomic E-state index is -0.529. The van der Waals surface area contributed by atoms with Gasteiger partial charge in [-0.15, -0.1) is 0 Å². The van der Waals surface area contributed by atoms with E-state index in [2.05, 4.69) is 20.4 Å². The SMILES string of the molecule is CC(C)(C)OC(=O)c1ccc(Nc2ncc3cnn(-c4ccccc4)c3n2)cc1. The van der Waals surface area contributed by atoms with Gasteiger partial charge in [0.05, 0.1) is 22.8 Å². The Bertz CT molecular complexity index is 1150. The maximum atomic E-state index is 12.1. The average Bonchev–Trinajstić information content (AvgIpc) is 3.11. The Balaban J connectivity index is 1.56. The summed E-state index contributed by atoms with van der Waals surface area (Å²) in [4.78, 5) is 21.1. The molecule has 146 valence electrons. The summed E-state index contributed by atoms with van der Waals surface area (Å²) in [5.41, 5.74) is 2.36. The number of rotatable bonds is 4. The average molecular weight is 387 g/mol. The maximum absolute atomic E-state index is 12.1. The molecule has 0 amide bonds. The molecule has 0 spiro atoms. The number of esters is 1. The number of hydrogen-bond donors (Lipinski definition) is 1. The molecule has 0 aliphatic rings. The van der Waals surface area contributed by atoms with Crippen molar-refractivity contribution in [2.75, 3.05) is 5.32 Å². The fourth-order valence-corrected chi connectivity index (χ4v) is 2.79. The molecule has 0 unspecified atom stereocenters. The molecule has 0 aliphatic carbocycles. The van der Waals surface area contributed by atoms with Gasteiger partial charge in [0, 0.05) is 11.9 Å². The number of hydrogen-bond acceptors (Lipinski definition) is 6. The van der Waals surface area contributed by atoms with Gasteiger partial charge in [-0.05, 0) is 57.2 Å². The van der Waals surface area contributed by atoms with E-state index in [0.717, 1.165) is 16.8 Å². The smallest absolute Gasteiger partial charge is 0.338 e. The largest absolute Gasteiger partial charge is 0.456 e. The Hall–Kier alpha value is -3.74. The molecular weight excluding hydrogens is 366 g/mol. The number of benzene rings is 2. The van der Waals surface area contributed by atoms with Crippen molar-refractivity contribution in [1.29, 1.82) is 0 Å². The van der Waals surface area contributed by atoms with Gasteiger partial charge in [-0.3, -0.25) is 0 Å². The summed E-state index contributed by atoms with van der Waals surface area (Å²) in [6.45, 7) is 5.53. The molecule has 0 fully saturated rings. The predicted molar refractivity (Wildman–Crippen MR) is 112 cm³/mol. The molecule has 0 saturated carbocycles. The lowest BCUT2D eigenvalue weighted by Crippen LogP contribution is -2.23. The Morgan fingerprint density at radius 2 is 1.72 bits per heavy atom. The van der Waals surface area contributed by atoms with Crippen LogP contribution in [0, 0.1) is 0 Å². The van der Waals surface area contributed by atoms with E-state index in [1.165, 1.54) is 0 Å². The monoisotopic (exact) mass is 387 g/mol. The summed E-state index contributed by atoms with van der Waals surface area (Å²) in [6, 6.07) is 16.8. The molecule has 0 radical (unpaired) electrons. The van der Waals surface area contributed by atoms with E-state index < -0.39 is 5.60 Å². The van der Waals surface area contributed by atoms with Gasteiger partial charge in [0.1, 0.15) is 5.60 Å². The van der Waals surface area contributed by atoms with Crippen LogP contribution < -0.4 is 5.32 Å². The lowest BCUT2D eigenvalue weighted by Gasteiger charge is -2.19. The highest BCUT2D eigenvalue weighted by molar-refractivity contribution is 5.90. The van der Waals surface area contributed by atoms with E-state index in [1.807, 2.05) is 51.1 Å². The first-order valence-electron chi connectivity index (χ1n) is 9.26. The molecule has 7 nitrogen and oxygen atoms in total. The summed E-state index contributed by atoms with van der Waals surface area (Å²) in [5, 5.41) is 8.42. The van der Waals surface area contributed by atoms with Gasteiger partial charge in [0.2, 0.25) is 5.95 Å². The fourth-order valence-electron chi connectivity index (χ4n) is 2.79. The molecule has 4 rings (SSSR count). The lowest BCUT2D eigenvalue weighted by molar-refractivity contribution is 0.00696. The Labute approximate surface area is 168 Å². The van der Waals surface area contributed by atoms with Crippen LogP contribution in [0.15, 0.2) is 67.0 Å². The van der Waals surface area contributed by atoms with Crippen molar-refractivity contribution in [3.05, 3.63) is 72.6 Å². The van der Waals surface area contributed by atoms with Crippen LogP contribution in [0.1, 0.15) is 31.1 Å². The van der Waals surface area contributed by atoms with Crippen molar-refractivity contribution in [2.24, 2.45) is 0 Å². The van der Waals surface area contributed by atoms with Crippen molar-refractivity contribution in [3.63, 3.8) is 0 Å². The number of aromatic nitrogens is 4. The lowest BCUT2D eigenvalue weighted by atomic mass is 10.1. The maximum Gasteiger partial charge on any atom is 0.338 e. The number of carbonyl (C=O) groups is 1. The van der Waals surface area contributed by atoms with Crippen molar-refractivity contribution in [2.45, 2.75) is 26.4 Å². The van der Waals surface area contributed by atoms with Crippen LogP contribution in [-0.4, -0.2) is 31.3 Å². The van der Waals surface area contributed by atoms with Crippen LogP contribution in [0.2, 0.25) is 0 Å². The summed E-state index contributed by atoms with van der Waals surface area (Å²) < 4.78 is 7.15. The Morgan fingerprint density at radius 3 is 2.41 bits per heavy atom. The van der Waals surface area contributed by atoms with Gasteiger partial charge in [0.15, 0.2) is 5.65 Å². The first-order chi connectivity index (χ1) is 13.9. The summed E-state index contributed by atoms with van der Waals surface area (Å²) in [5.74, 6) is 0.0914. The molecule has 7 heteroatoms. The zero-order chi connectivity index (χ0) is 20.4. The summed E-state index contributed by atoms with van der Waals surface area (Å²) in [7, 11) is 0. The van der Waals surface area contributed by atoms with Crippen molar-refractivity contribution in [1.82, 2.24) is 19.7 Å². The standard InChI is InChI=1S/C22H21N5O2/c1-22(2,3)29-20(28)15-9-11-17(12-10-15)25-21-23-13-16-14-24-27(19(16)26-21)18-7-5-4-6-8-18/h4-14H,1-3H3,(H,23,25,26). The molecule has 4 aromatic rings. The normalized spacial score (nSPS) is 11.4. The highest BCUT2D eigenvalue weighted by Gasteiger charge is 2.17. The molecule has 0 aliphatic heterocycles. The van der Waals surface area contributed by atoms with Crippen molar-refractivity contribution < 1.29 is 9.53 Å². The fraction of sp³-hybridized carbons (Fsp3) is 0.182. The van der Waals surface area contributed by atoms with Crippen LogP contribution in [0.5, 0.6) is 0 Å². The van der Waals surface area contributed by atoms with Gasteiger partial charge in [-0.1, -0.05) is 18.2 Å². The molecule has 2 heterocycles. The quantitative estimate of drug-likeness (QED) is 0.519. The third-order valence-corrected chi connectivity index (χ3v) is 4.09. The van der Waals surface area contributed by atoms with Gasteiger partial charge < -0.3 is 10.1 Å². The van der Waals surface area contributed by atoms with Crippen LogP contribution >= 0.6 is 0 Å². The molecule has 0 bridgehead atoms. The minimum Gasteiger partial charge on any atom is -0.456 e. The molecule has 0 atom stereocenters. The van der Waals surface area contributed by atoms with E-state index in [0.29, 0.717) is 17.2 Å². The number of carbonyl (C=O) groups excluding carboxylic acids is 1. The van der Waals surface area contributed by atoms with Crippen molar-refractivity contribution >= 4 is 28.6 Å². The second-order valence-corrected chi connectivity index (χ2v) is 7.57. The highest BCUT2D eigenvalue weighted by Crippen LogP contribution is 2.20. The predicted octanol–water partition coefficient (Wildman–Crippen LogP) is 4.51. The first kappa shape index (κ1) is 18.6. The van der Waals surface area contributed by atoms with Gasteiger partial charge in [-0.25, -0.2) is 14.5 Å². The van der Waals surface area contributed by atoms with E-state index >= 15 is 0 Å². The number of anilines is 2. The van der Waals surface area contributed by atoms with E-state index in [1.54, 1.807) is 41.3 Å². The van der Waals surface area contributed by atoms with Crippen molar-refractivity contribution in [3.8, 4) is 5.69 Å². The molecule has 29 heavy (non-hydrogen) atoms. The van der Waals surface area contributed by atoms with Crippen LogP contribution in [0.25, 0.3) is 16.7 Å². The summed E-state index contributed by atoms with van der Waals surface area (Å²) >= 11 is 0. The van der Waals surface area contributed by atoms with Gasteiger partial charge >= 0.3 is 5.97 Å². The second kappa shape index (κ2) is 7.35. The topological polar surface area (TPSA) is 81.9 Å². The number of nitrogens with one attached hydrogen (secondary N) is 1. The second-order valence-electron chi connectivity index (χ2n) is 7.57. The summed E-state index contributed by atoms with van der Waals surface area (Å²) in [6.07, 6.45) is 3.47. The van der Waals surface area contributed by atoms with E-state index in [9.17, 15) is 4.79 Å².